The molecule has 0 aliphatic heterocycles. The van der Waals surface area contributed by atoms with Gasteiger partial charge in [-0.1, -0.05) is 6.07 Å². The van der Waals surface area contributed by atoms with E-state index in [2.05, 4.69) is 30.0 Å². The second-order valence-corrected chi connectivity index (χ2v) is 10.5. The van der Waals surface area contributed by atoms with Crippen molar-refractivity contribution in [3.8, 4) is 34.5 Å². The number of rotatable bonds is 8. The van der Waals surface area contributed by atoms with Gasteiger partial charge >= 0.3 is 6.18 Å². The minimum absolute atomic E-state index is 0.0126. The standard InChI is InChI=1S/C28H24F4N8O2/c1-39-10-19-23(38-39)27(37-24(35-19)21-22(15-4-5-15)33-13-34-26(21)41-2)42-12-14-3-8-17(18(29)9-14)25-36-20(28(30,31)32)11-40(25)16-6-7-16/h3,8-11,13,15-16H,4-7,12H2,1-2H3. The summed E-state index contributed by atoms with van der Waals surface area (Å²) in [6.07, 6.45) is 2.94. The topological polar surface area (TPSA) is 106 Å². The molecule has 0 amide bonds. The summed E-state index contributed by atoms with van der Waals surface area (Å²) in [5.41, 5.74) is 1.71. The maximum atomic E-state index is 15.3. The smallest absolute Gasteiger partial charge is 0.434 e. The number of imidazole rings is 1. The van der Waals surface area contributed by atoms with Crippen LogP contribution in [0.3, 0.4) is 0 Å². The fourth-order valence-electron chi connectivity index (χ4n) is 4.97. The quantitative estimate of drug-likeness (QED) is 0.217. The van der Waals surface area contributed by atoms with E-state index in [0.717, 1.165) is 37.6 Å². The van der Waals surface area contributed by atoms with Crippen LogP contribution in [0.25, 0.3) is 33.8 Å². The van der Waals surface area contributed by atoms with Crippen molar-refractivity contribution < 1.29 is 27.0 Å². The van der Waals surface area contributed by atoms with Gasteiger partial charge in [-0.2, -0.15) is 23.3 Å². The molecule has 4 heterocycles. The predicted octanol–water partition coefficient (Wildman–Crippen LogP) is 5.64. The summed E-state index contributed by atoms with van der Waals surface area (Å²) in [6, 6.07) is 4.12. The highest BCUT2D eigenvalue weighted by Gasteiger charge is 2.38. The molecule has 0 bridgehead atoms. The van der Waals surface area contributed by atoms with Crippen LogP contribution in [0.5, 0.6) is 11.8 Å². The molecule has 0 atom stereocenters. The maximum absolute atomic E-state index is 15.3. The number of aromatic nitrogens is 8. The Labute approximate surface area is 236 Å². The van der Waals surface area contributed by atoms with Gasteiger partial charge in [-0.05, 0) is 43.4 Å². The van der Waals surface area contributed by atoms with E-state index < -0.39 is 17.7 Å². The highest BCUT2D eigenvalue weighted by atomic mass is 19.4. The molecule has 4 aromatic heterocycles. The normalized spacial score (nSPS) is 15.4. The average molecular weight is 581 g/mol. The lowest BCUT2D eigenvalue weighted by Gasteiger charge is -2.13. The lowest BCUT2D eigenvalue weighted by molar-refractivity contribution is -0.140. The van der Waals surface area contributed by atoms with Gasteiger partial charge in [0.05, 0.1) is 24.6 Å². The van der Waals surface area contributed by atoms with Gasteiger partial charge in [-0.25, -0.2) is 24.3 Å². The number of methoxy groups -OCH3 is 1. The van der Waals surface area contributed by atoms with E-state index in [1.165, 1.54) is 30.1 Å². The Balaban J connectivity index is 1.21. The number of ether oxygens (including phenoxy) is 2. The van der Waals surface area contributed by atoms with E-state index in [1.54, 1.807) is 24.0 Å². The van der Waals surface area contributed by atoms with Crippen molar-refractivity contribution in [3.63, 3.8) is 0 Å². The van der Waals surface area contributed by atoms with Crippen LogP contribution in [0.15, 0.2) is 36.9 Å². The number of aryl methyl sites for hydroxylation is 1. The van der Waals surface area contributed by atoms with Crippen molar-refractivity contribution in [3.05, 3.63) is 59.7 Å². The third-order valence-corrected chi connectivity index (χ3v) is 7.28. The van der Waals surface area contributed by atoms with Crippen LogP contribution in [0, 0.1) is 5.82 Å². The van der Waals surface area contributed by atoms with E-state index in [-0.39, 0.29) is 35.8 Å². The lowest BCUT2D eigenvalue weighted by atomic mass is 10.1. The highest BCUT2D eigenvalue weighted by molar-refractivity contribution is 5.82. The Morgan fingerprint density at radius 2 is 1.81 bits per heavy atom. The molecule has 5 aromatic rings. The number of halogens is 4. The molecule has 0 saturated heterocycles. The molecule has 1 aromatic carbocycles. The number of hydrogen-bond donors (Lipinski definition) is 0. The second kappa shape index (κ2) is 9.74. The average Bonchev–Trinajstić information content (AvgIpc) is 3.89. The number of hydrogen-bond acceptors (Lipinski definition) is 8. The molecule has 14 heteroatoms. The first-order valence-corrected chi connectivity index (χ1v) is 13.4. The summed E-state index contributed by atoms with van der Waals surface area (Å²) < 4.78 is 69.9. The van der Waals surface area contributed by atoms with Gasteiger partial charge < -0.3 is 14.0 Å². The predicted molar refractivity (Wildman–Crippen MR) is 141 cm³/mol. The van der Waals surface area contributed by atoms with Crippen molar-refractivity contribution in [2.45, 2.75) is 50.4 Å². The summed E-state index contributed by atoms with van der Waals surface area (Å²) in [7, 11) is 3.26. The summed E-state index contributed by atoms with van der Waals surface area (Å²) in [4.78, 5) is 21.8. The summed E-state index contributed by atoms with van der Waals surface area (Å²) in [5, 5.41) is 4.43. The first kappa shape index (κ1) is 26.3. The van der Waals surface area contributed by atoms with Gasteiger partial charge in [0.25, 0.3) is 0 Å². The SMILES string of the molecule is COc1ncnc(C2CC2)c1-c1nc(OCc2ccc(-c3nc(C(F)(F)F)cn3C3CC3)c(F)c2)c2nn(C)cc2n1. The third-order valence-electron chi connectivity index (χ3n) is 7.28. The Kier molecular flexibility index (Phi) is 6.10. The van der Waals surface area contributed by atoms with Crippen molar-refractivity contribution in [2.24, 2.45) is 7.05 Å². The summed E-state index contributed by atoms with van der Waals surface area (Å²) in [6.45, 7) is -0.0812. The van der Waals surface area contributed by atoms with Crippen LogP contribution in [-0.2, 0) is 19.8 Å². The van der Waals surface area contributed by atoms with Gasteiger partial charge in [0.1, 0.15) is 35.7 Å². The van der Waals surface area contributed by atoms with Gasteiger partial charge in [0, 0.05) is 25.2 Å². The molecule has 0 radical (unpaired) electrons. The molecular formula is C28H24F4N8O2. The van der Waals surface area contributed by atoms with Crippen LogP contribution < -0.4 is 9.47 Å². The molecule has 0 spiro atoms. The highest BCUT2D eigenvalue weighted by Crippen LogP contribution is 2.45. The Hall–Kier alpha value is -4.62. The van der Waals surface area contributed by atoms with Crippen LogP contribution in [-0.4, -0.2) is 46.4 Å². The Morgan fingerprint density at radius 3 is 2.50 bits per heavy atom. The van der Waals surface area contributed by atoms with Gasteiger partial charge in [0.2, 0.25) is 11.8 Å². The van der Waals surface area contributed by atoms with Crippen molar-refractivity contribution in [2.75, 3.05) is 7.11 Å². The summed E-state index contributed by atoms with van der Waals surface area (Å²) >= 11 is 0. The zero-order valence-corrected chi connectivity index (χ0v) is 22.6. The first-order chi connectivity index (χ1) is 20.2. The van der Waals surface area contributed by atoms with E-state index in [0.29, 0.717) is 33.9 Å². The minimum atomic E-state index is -4.62. The van der Waals surface area contributed by atoms with Crippen LogP contribution in [0.2, 0.25) is 0 Å². The molecule has 2 aliphatic rings. The lowest BCUT2D eigenvalue weighted by Crippen LogP contribution is -2.05. The van der Waals surface area contributed by atoms with E-state index in [4.69, 9.17) is 9.47 Å². The number of fused-ring (bicyclic) bond motifs is 1. The Morgan fingerprint density at radius 1 is 1.00 bits per heavy atom. The molecule has 216 valence electrons. The van der Waals surface area contributed by atoms with Gasteiger partial charge in [0.15, 0.2) is 17.0 Å². The second-order valence-electron chi connectivity index (χ2n) is 10.5. The van der Waals surface area contributed by atoms with Gasteiger partial charge in [-0.15, -0.1) is 0 Å². The molecule has 0 unspecified atom stereocenters. The van der Waals surface area contributed by atoms with Crippen molar-refractivity contribution in [1.82, 2.24) is 39.3 Å². The number of alkyl halides is 3. The Bertz CT molecular complexity index is 1820. The molecule has 2 aliphatic carbocycles. The zero-order valence-electron chi connectivity index (χ0n) is 22.6. The molecule has 7 rings (SSSR count). The zero-order chi connectivity index (χ0) is 29.2. The molecule has 10 nitrogen and oxygen atoms in total. The molecule has 2 saturated carbocycles. The van der Waals surface area contributed by atoms with E-state index >= 15 is 4.39 Å². The fourth-order valence-corrected chi connectivity index (χ4v) is 4.97. The maximum Gasteiger partial charge on any atom is 0.434 e. The molecule has 0 N–H and O–H groups in total. The first-order valence-electron chi connectivity index (χ1n) is 13.4. The molecular weight excluding hydrogens is 556 g/mol. The fraction of sp³-hybridized carbons (Fsp3) is 0.357. The number of benzene rings is 1. The van der Waals surface area contributed by atoms with E-state index in [9.17, 15) is 13.2 Å². The third kappa shape index (κ3) is 4.80. The summed E-state index contributed by atoms with van der Waals surface area (Å²) in [5.74, 6) is 0.348. The van der Waals surface area contributed by atoms with Crippen LogP contribution in [0.1, 0.15) is 54.6 Å². The monoisotopic (exact) mass is 580 g/mol. The number of nitrogens with zero attached hydrogens (tertiary/aromatic N) is 8. The van der Waals surface area contributed by atoms with Crippen LogP contribution >= 0.6 is 0 Å². The molecule has 42 heavy (non-hydrogen) atoms. The van der Waals surface area contributed by atoms with Gasteiger partial charge in [-0.3, -0.25) is 4.68 Å². The van der Waals surface area contributed by atoms with Crippen molar-refractivity contribution >= 4 is 11.0 Å². The van der Waals surface area contributed by atoms with E-state index in [1.807, 2.05) is 0 Å². The van der Waals surface area contributed by atoms with Crippen molar-refractivity contribution in [1.29, 1.82) is 0 Å². The minimum Gasteiger partial charge on any atom is -0.480 e. The molecule has 2 fully saturated rings. The largest absolute Gasteiger partial charge is 0.480 e. The van der Waals surface area contributed by atoms with Crippen LogP contribution in [0.4, 0.5) is 17.6 Å².